The highest BCUT2D eigenvalue weighted by atomic mass is 16.5. The van der Waals surface area contributed by atoms with Gasteiger partial charge in [0.1, 0.15) is 11.6 Å². The number of methoxy groups -OCH3 is 2. The van der Waals surface area contributed by atoms with Crippen molar-refractivity contribution < 1.29 is 28.7 Å². The molecule has 10 atom stereocenters. The van der Waals surface area contributed by atoms with Crippen molar-refractivity contribution in [2.24, 2.45) is 62.6 Å². The predicted octanol–water partition coefficient (Wildman–Crippen LogP) is 7.52. The Labute approximate surface area is 259 Å². The Morgan fingerprint density at radius 1 is 0.837 bits per heavy atom. The van der Waals surface area contributed by atoms with E-state index in [1.54, 1.807) is 0 Å². The van der Waals surface area contributed by atoms with Crippen LogP contribution in [0.4, 0.5) is 0 Å². The molecule has 0 radical (unpaired) electrons. The number of ketones is 2. The minimum atomic E-state index is -0.821. The number of carbonyl (C=O) groups is 4. The number of esters is 2. The zero-order valence-corrected chi connectivity index (χ0v) is 28.1. The monoisotopic (exact) mass is 596 g/mol. The highest BCUT2D eigenvalue weighted by Crippen LogP contribution is 2.77. The zero-order valence-electron chi connectivity index (χ0n) is 28.1. The number of hydrogen-bond donors (Lipinski definition) is 0. The second kappa shape index (κ2) is 10.8. The van der Waals surface area contributed by atoms with Crippen LogP contribution in [0, 0.1) is 62.6 Å². The number of carbonyl (C=O) groups excluding carboxylic acids is 4. The van der Waals surface area contributed by atoms with Crippen LogP contribution < -0.4 is 0 Å². The first-order chi connectivity index (χ1) is 20.0. The normalized spacial score (nSPS) is 43.7. The van der Waals surface area contributed by atoms with E-state index in [9.17, 15) is 19.2 Å². The summed E-state index contributed by atoms with van der Waals surface area (Å²) >= 11 is 0. The lowest BCUT2D eigenvalue weighted by atomic mass is 9.32. The topological polar surface area (TPSA) is 86.7 Å². The van der Waals surface area contributed by atoms with Crippen LogP contribution in [0.15, 0.2) is 12.2 Å². The van der Waals surface area contributed by atoms with Gasteiger partial charge in [0.2, 0.25) is 0 Å². The number of allylic oxidation sites excluding steroid dienone is 1. The Balaban J connectivity index is 1.50. The number of ether oxygens (including phenoxy) is 2. The molecule has 0 N–H and O–H groups in total. The van der Waals surface area contributed by atoms with E-state index in [-0.39, 0.29) is 52.1 Å². The summed E-state index contributed by atoms with van der Waals surface area (Å²) in [6.07, 6.45) is 9.64. The molecule has 5 fully saturated rings. The molecular formula is C37H56O6. The second-order valence-corrected chi connectivity index (χ2v) is 16.6. The van der Waals surface area contributed by atoms with Gasteiger partial charge in [-0.1, -0.05) is 46.8 Å². The molecule has 0 saturated heterocycles. The highest BCUT2D eigenvalue weighted by molar-refractivity contribution is 5.91. The second-order valence-electron chi connectivity index (χ2n) is 16.6. The molecule has 240 valence electrons. The molecule has 43 heavy (non-hydrogen) atoms. The Morgan fingerprint density at radius 3 is 2.16 bits per heavy atom. The standard InChI is InChI=1S/C37H56O6/c1-22(2)24-12-17-37(29(39)20-23(32(41)43-9)21-30(40)42-8)19-18-35(6)25(31(24)37)10-11-27-34(5)15-14-28(38)33(3,4)26(34)13-16-36(27,35)7/h23-27,31H,1,10-21H2,2-9H3/t23?,24?,25?,26?,27?,31?,34-,35+,36+,37+/m0/s1. The SMILES string of the molecule is C=C(C)C1CC[C@]2(C(=O)CC(CC(=O)OC)C(=O)OC)CC[C@]3(C)C(CCC4[C@@]5(C)CCC(=O)C(C)(C)C5CC[C@]43C)C12. The van der Waals surface area contributed by atoms with Crippen LogP contribution in [0.1, 0.15) is 119 Å². The third-order valence-corrected chi connectivity index (χ3v) is 15.0. The van der Waals surface area contributed by atoms with Crippen LogP contribution in [0.5, 0.6) is 0 Å². The Bertz CT molecular complexity index is 1200. The molecule has 0 aromatic heterocycles. The molecule has 6 nitrogen and oxygen atoms in total. The minimum absolute atomic E-state index is 0.0212. The van der Waals surface area contributed by atoms with E-state index in [1.807, 2.05) is 0 Å². The predicted molar refractivity (Wildman–Crippen MR) is 166 cm³/mol. The van der Waals surface area contributed by atoms with Crippen LogP contribution >= 0.6 is 0 Å². The number of Topliss-reactive ketones (excluding diaryl/α,β-unsaturated/α-hetero) is 2. The van der Waals surface area contributed by atoms with Crippen molar-refractivity contribution in [3.8, 4) is 0 Å². The molecule has 5 aliphatic carbocycles. The van der Waals surface area contributed by atoms with Gasteiger partial charge in [-0.25, -0.2) is 0 Å². The Morgan fingerprint density at radius 2 is 1.53 bits per heavy atom. The number of hydrogen-bond acceptors (Lipinski definition) is 6. The van der Waals surface area contributed by atoms with Crippen molar-refractivity contribution in [1.29, 1.82) is 0 Å². The van der Waals surface area contributed by atoms with Crippen molar-refractivity contribution in [2.45, 2.75) is 119 Å². The lowest BCUT2D eigenvalue weighted by Gasteiger charge is -2.72. The quantitative estimate of drug-likeness (QED) is 0.223. The zero-order chi connectivity index (χ0) is 31.8. The molecule has 6 unspecified atom stereocenters. The maximum Gasteiger partial charge on any atom is 0.309 e. The molecule has 0 amide bonds. The van der Waals surface area contributed by atoms with Crippen LogP contribution in [0.25, 0.3) is 0 Å². The van der Waals surface area contributed by atoms with Gasteiger partial charge in [0.05, 0.1) is 26.6 Å². The molecule has 0 heterocycles. The molecule has 5 aliphatic rings. The number of fused-ring (bicyclic) bond motifs is 7. The van der Waals surface area contributed by atoms with Crippen LogP contribution in [0.2, 0.25) is 0 Å². The first kappa shape index (κ1) is 32.4. The van der Waals surface area contributed by atoms with Crippen molar-refractivity contribution in [3.63, 3.8) is 0 Å². The van der Waals surface area contributed by atoms with Crippen molar-refractivity contribution in [2.75, 3.05) is 14.2 Å². The van der Waals surface area contributed by atoms with Gasteiger partial charge in [-0.3, -0.25) is 19.2 Å². The fourth-order valence-corrected chi connectivity index (χ4v) is 12.5. The summed E-state index contributed by atoms with van der Waals surface area (Å²) in [6.45, 7) is 18.6. The molecule has 0 aromatic rings. The maximum atomic E-state index is 14.5. The summed E-state index contributed by atoms with van der Waals surface area (Å²) < 4.78 is 9.89. The van der Waals surface area contributed by atoms with Gasteiger partial charge in [-0.15, -0.1) is 0 Å². The summed E-state index contributed by atoms with van der Waals surface area (Å²) in [5, 5.41) is 0. The van der Waals surface area contributed by atoms with E-state index in [1.165, 1.54) is 19.8 Å². The summed E-state index contributed by atoms with van der Waals surface area (Å²) in [6, 6.07) is 0. The van der Waals surface area contributed by atoms with Gasteiger partial charge in [0.15, 0.2) is 0 Å². The van der Waals surface area contributed by atoms with Crippen LogP contribution in [0.3, 0.4) is 0 Å². The average Bonchev–Trinajstić information content (AvgIpc) is 3.36. The molecular weight excluding hydrogens is 540 g/mol. The summed E-state index contributed by atoms with van der Waals surface area (Å²) in [5.74, 6) is 0.572. The van der Waals surface area contributed by atoms with Crippen molar-refractivity contribution in [1.82, 2.24) is 0 Å². The smallest absolute Gasteiger partial charge is 0.309 e. The molecule has 6 heteroatoms. The van der Waals surface area contributed by atoms with E-state index in [0.717, 1.165) is 57.8 Å². The van der Waals surface area contributed by atoms with Gasteiger partial charge >= 0.3 is 11.9 Å². The van der Waals surface area contributed by atoms with Gasteiger partial charge in [0, 0.05) is 23.7 Å². The molecule has 0 spiro atoms. The van der Waals surface area contributed by atoms with Gasteiger partial charge in [-0.05, 0) is 111 Å². The molecule has 0 aromatic carbocycles. The van der Waals surface area contributed by atoms with E-state index in [4.69, 9.17) is 9.47 Å². The largest absolute Gasteiger partial charge is 0.469 e. The molecule has 5 saturated carbocycles. The summed E-state index contributed by atoms with van der Waals surface area (Å²) in [4.78, 5) is 52.5. The summed E-state index contributed by atoms with van der Waals surface area (Å²) in [7, 11) is 2.62. The molecule has 5 rings (SSSR count). The molecule has 0 bridgehead atoms. The van der Waals surface area contributed by atoms with Crippen LogP contribution in [-0.2, 0) is 28.7 Å². The first-order valence-electron chi connectivity index (χ1n) is 16.9. The summed E-state index contributed by atoms with van der Waals surface area (Å²) in [5.41, 5.74) is 0.757. The Hall–Kier alpha value is -1.98. The van der Waals surface area contributed by atoms with Crippen molar-refractivity contribution in [3.05, 3.63) is 12.2 Å². The lowest BCUT2D eigenvalue weighted by molar-refractivity contribution is -0.232. The van der Waals surface area contributed by atoms with E-state index >= 15 is 0 Å². The minimum Gasteiger partial charge on any atom is -0.469 e. The fourth-order valence-electron chi connectivity index (χ4n) is 12.5. The third kappa shape index (κ3) is 4.53. The average molecular weight is 597 g/mol. The van der Waals surface area contributed by atoms with E-state index in [0.29, 0.717) is 30.0 Å². The Kier molecular flexibility index (Phi) is 8.16. The third-order valence-electron chi connectivity index (χ3n) is 15.0. The van der Waals surface area contributed by atoms with E-state index in [2.05, 4.69) is 48.1 Å². The van der Waals surface area contributed by atoms with E-state index < -0.39 is 23.3 Å². The fraction of sp³-hybridized carbons (Fsp3) is 0.838. The maximum absolute atomic E-state index is 14.5. The van der Waals surface area contributed by atoms with Gasteiger partial charge < -0.3 is 9.47 Å². The molecule has 0 aliphatic heterocycles. The first-order valence-corrected chi connectivity index (χ1v) is 16.9. The van der Waals surface area contributed by atoms with Crippen molar-refractivity contribution >= 4 is 23.5 Å². The van der Waals surface area contributed by atoms with Crippen LogP contribution in [-0.4, -0.2) is 37.7 Å². The highest BCUT2D eigenvalue weighted by Gasteiger charge is 2.71. The lowest BCUT2D eigenvalue weighted by Crippen LogP contribution is -2.66. The van der Waals surface area contributed by atoms with Gasteiger partial charge in [0.25, 0.3) is 0 Å². The van der Waals surface area contributed by atoms with Gasteiger partial charge in [-0.2, -0.15) is 0 Å². The number of rotatable bonds is 7.